The van der Waals surface area contributed by atoms with Crippen LogP contribution in [0.2, 0.25) is 0 Å². The lowest BCUT2D eigenvalue weighted by atomic mass is 9.80. The summed E-state index contributed by atoms with van der Waals surface area (Å²) < 4.78 is 0. The second-order valence-electron chi connectivity index (χ2n) is 4.73. The fourth-order valence-corrected chi connectivity index (χ4v) is 2.38. The van der Waals surface area contributed by atoms with E-state index in [4.69, 9.17) is 5.11 Å². The van der Waals surface area contributed by atoms with Crippen LogP contribution in [0.15, 0.2) is 36.5 Å². The Morgan fingerprint density at radius 1 is 1.28 bits per heavy atom. The molecule has 2 N–H and O–H groups in total. The zero-order valence-corrected chi connectivity index (χ0v) is 9.84. The molecule has 1 aliphatic rings. The molecule has 18 heavy (non-hydrogen) atoms. The molecule has 0 atom stereocenters. The molecular formula is C14H14N2O2. The Hall–Kier alpha value is -2.10. The van der Waals surface area contributed by atoms with Crippen molar-refractivity contribution >= 4 is 22.6 Å². The van der Waals surface area contributed by atoms with Crippen LogP contribution in [0.4, 0.5) is 5.69 Å². The number of hydrogen-bond acceptors (Lipinski definition) is 3. The predicted molar refractivity (Wildman–Crippen MR) is 69.5 cm³/mol. The SMILES string of the molecule is O=C(O)C1CC(Nc2cccc3cccnc23)C1. The van der Waals surface area contributed by atoms with E-state index in [1.165, 1.54) is 0 Å². The quantitative estimate of drug-likeness (QED) is 0.868. The van der Waals surface area contributed by atoms with E-state index in [0.717, 1.165) is 16.6 Å². The predicted octanol–water partition coefficient (Wildman–Crippen LogP) is 2.51. The average Bonchev–Trinajstić information content (AvgIpc) is 2.33. The Balaban J connectivity index is 1.78. The highest BCUT2D eigenvalue weighted by Gasteiger charge is 2.34. The summed E-state index contributed by atoms with van der Waals surface area (Å²) in [6.45, 7) is 0. The summed E-state index contributed by atoms with van der Waals surface area (Å²) in [6.07, 6.45) is 3.16. The first kappa shape index (κ1) is 11.0. The second-order valence-corrected chi connectivity index (χ2v) is 4.73. The maximum absolute atomic E-state index is 10.8. The minimum Gasteiger partial charge on any atom is -0.481 e. The van der Waals surface area contributed by atoms with Gasteiger partial charge in [-0.2, -0.15) is 0 Å². The van der Waals surface area contributed by atoms with Crippen LogP contribution in [0.1, 0.15) is 12.8 Å². The topological polar surface area (TPSA) is 62.2 Å². The fourth-order valence-electron chi connectivity index (χ4n) is 2.38. The molecule has 1 saturated carbocycles. The number of benzene rings is 1. The number of carboxylic acid groups (broad SMARTS) is 1. The number of carbonyl (C=O) groups is 1. The molecule has 0 radical (unpaired) electrons. The van der Waals surface area contributed by atoms with Crippen LogP contribution in [0.5, 0.6) is 0 Å². The van der Waals surface area contributed by atoms with E-state index < -0.39 is 5.97 Å². The molecular weight excluding hydrogens is 228 g/mol. The van der Waals surface area contributed by atoms with Crippen LogP contribution >= 0.6 is 0 Å². The molecule has 4 heteroatoms. The zero-order valence-electron chi connectivity index (χ0n) is 9.84. The number of nitrogens with one attached hydrogen (secondary N) is 1. The van der Waals surface area contributed by atoms with Gasteiger partial charge in [-0.3, -0.25) is 9.78 Å². The molecule has 1 fully saturated rings. The Kier molecular flexibility index (Phi) is 2.63. The van der Waals surface area contributed by atoms with Gasteiger partial charge in [-0.15, -0.1) is 0 Å². The van der Waals surface area contributed by atoms with Gasteiger partial charge in [0.1, 0.15) is 0 Å². The molecule has 0 spiro atoms. The van der Waals surface area contributed by atoms with Gasteiger partial charge >= 0.3 is 5.97 Å². The lowest BCUT2D eigenvalue weighted by Gasteiger charge is -2.33. The number of anilines is 1. The van der Waals surface area contributed by atoms with E-state index in [2.05, 4.69) is 10.3 Å². The first-order chi connectivity index (χ1) is 8.74. The summed E-state index contributed by atoms with van der Waals surface area (Å²) >= 11 is 0. The molecule has 92 valence electrons. The van der Waals surface area contributed by atoms with E-state index >= 15 is 0 Å². The van der Waals surface area contributed by atoms with E-state index in [0.29, 0.717) is 12.8 Å². The third-order valence-corrected chi connectivity index (χ3v) is 3.48. The van der Waals surface area contributed by atoms with Gasteiger partial charge in [0.25, 0.3) is 0 Å². The average molecular weight is 242 g/mol. The van der Waals surface area contributed by atoms with Crippen molar-refractivity contribution in [3.63, 3.8) is 0 Å². The minimum absolute atomic E-state index is 0.189. The van der Waals surface area contributed by atoms with Gasteiger partial charge in [-0.25, -0.2) is 0 Å². The van der Waals surface area contributed by atoms with Crippen molar-refractivity contribution in [2.24, 2.45) is 5.92 Å². The normalized spacial score (nSPS) is 22.4. The number of aliphatic carboxylic acids is 1. The molecule has 1 aromatic carbocycles. The summed E-state index contributed by atoms with van der Waals surface area (Å²) in [5, 5.41) is 13.3. The van der Waals surface area contributed by atoms with E-state index in [1.54, 1.807) is 6.20 Å². The monoisotopic (exact) mass is 242 g/mol. The number of carboxylic acids is 1. The Morgan fingerprint density at radius 2 is 2.06 bits per heavy atom. The molecule has 0 unspecified atom stereocenters. The Morgan fingerprint density at radius 3 is 2.83 bits per heavy atom. The van der Waals surface area contributed by atoms with E-state index in [9.17, 15) is 4.79 Å². The third kappa shape index (κ3) is 1.90. The van der Waals surface area contributed by atoms with Crippen molar-refractivity contribution in [2.45, 2.75) is 18.9 Å². The highest BCUT2D eigenvalue weighted by Crippen LogP contribution is 2.32. The first-order valence-corrected chi connectivity index (χ1v) is 6.07. The molecule has 0 amide bonds. The fraction of sp³-hybridized carbons (Fsp3) is 0.286. The zero-order chi connectivity index (χ0) is 12.5. The number of para-hydroxylation sites is 1. The van der Waals surface area contributed by atoms with Crippen molar-refractivity contribution < 1.29 is 9.90 Å². The van der Waals surface area contributed by atoms with E-state index in [-0.39, 0.29) is 12.0 Å². The van der Waals surface area contributed by atoms with Crippen LogP contribution < -0.4 is 5.32 Å². The molecule has 1 aromatic heterocycles. The number of hydrogen-bond donors (Lipinski definition) is 2. The maximum atomic E-state index is 10.8. The molecule has 0 bridgehead atoms. The van der Waals surface area contributed by atoms with Crippen molar-refractivity contribution in [1.82, 2.24) is 4.98 Å². The van der Waals surface area contributed by atoms with E-state index in [1.807, 2.05) is 30.3 Å². The number of pyridine rings is 1. The lowest BCUT2D eigenvalue weighted by molar-refractivity contribution is -0.144. The molecule has 1 heterocycles. The van der Waals surface area contributed by atoms with Gasteiger partial charge in [0.15, 0.2) is 0 Å². The minimum atomic E-state index is -0.691. The van der Waals surface area contributed by atoms with Gasteiger partial charge in [0, 0.05) is 17.6 Å². The number of rotatable bonds is 3. The molecule has 0 saturated heterocycles. The standard InChI is InChI=1S/C14H14N2O2/c17-14(18)10-7-11(8-10)16-12-5-1-3-9-4-2-6-15-13(9)12/h1-6,10-11,16H,7-8H2,(H,17,18). The van der Waals surface area contributed by atoms with Gasteiger partial charge < -0.3 is 10.4 Å². The van der Waals surface area contributed by atoms with Gasteiger partial charge in [-0.1, -0.05) is 18.2 Å². The van der Waals surface area contributed by atoms with Crippen molar-refractivity contribution in [2.75, 3.05) is 5.32 Å². The van der Waals surface area contributed by atoms with Crippen LogP contribution in [0, 0.1) is 5.92 Å². The molecule has 4 nitrogen and oxygen atoms in total. The number of aromatic nitrogens is 1. The highest BCUT2D eigenvalue weighted by molar-refractivity contribution is 5.90. The number of nitrogens with zero attached hydrogens (tertiary/aromatic N) is 1. The Bertz CT molecular complexity index is 586. The van der Waals surface area contributed by atoms with Crippen molar-refractivity contribution in [1.29, 1.82) is 0 Å². The van der Waals surface area contributed by atoms with Crippen LogP contribution in [-0.2, 0) is 4.79 Å². The molecule has 3 rings (SSSR count). The third-order valence-electron chi connectivity index (χ3n) is 3.48. The molecule has 0 aliphatic heterocycles. The molecule has 1 aliphatic carbocycles. The highest BCUT2D eigenvalue weighted by atomic mass is 16.4. The first-order valence-electron chi connectivity index (χ1n) is 6.07. The second kappa shape index (κ2) is 4.29. The van der Waals surface area contributed by atoms with Crippen molar-refractivity contribution in [3.05, 3.63) is 36.5 Å². The smallest absolute Gasteiger partial charge is 0.306 e. The van der Waals surface area contributed by atoms with Crippen LogP contribution in [0.3, 0.4) is 0 Å². The Labute approximate surface area is 105 Å². The largest absolute Gasteiger partial charge is 0.481 e. The number of fused-ring (bicyclic) bond motifs is 1. The van der Waals surface area contributed by atoms with Gasteiger partial charge in [-0.05, 0) is 25.0 Å². The summed E-state index contributed by atoms with van der Waals surface area (Å²) in [4.78, 5) is 15.1. The summed E-state index contributed by atoms with van der Waals surface area (Å²) in [6, 6.07) is 10.2. The summed E-state index contributed by atoms with van der Waals surface area (Å²) in [5.74, 6) is -0.880. The summed E-state index contributed by atoms with van der Waals surface area (Å²) in [5.41, 5.74) is 1.93. The molecule has 2 aromatic rings. The van der Waals surface area contributed by atoms with Crippen molar-refractivity contribution in [3.8, 4) is 0 Å². The lowest BCUT2D eigenvalue weighted by Crippen LogP contribution is -2.39. The van der Waals surface area contributed by atoms with Gasteiger partial charge in [0.05, 0.1) is 17.1 Å². The maximum Gasteiger partial charge on any atom is 0.306 e. The van der Waals surface area contributed by atoms with Crippen LogP contribution in [0.25, 0.3) is 10.9 Å². The summed E-state index contributed by atoms with van der Waals surface area (Å²) in [7, 11) is 0. The van der Waals surface area contributed by atoms with Crippen LogP contribution in [-0.4, -0.2) is 22.1 Å². The van der Waals surface area contributed by atoms with Gasteiger partial charge in [0.2, 0.25) is 0 Å².